The average Bonchev–Trinajstić information content (AvgIpc) is 3.31. The van der Waals surface area contributed by atoms with Gasteiger partial charge in [-0.3, -0.25) is 4.79 Å². The number of nitrogens with one attached hydrogen (secondary N) is 1. The summed E-state index contributed by atoms with van der Waals surface area (Å²) in [6.45, 7) is 5.84. The zero-order valence-electron chi connectivity index (χ0n) is 17.2. The number of furan rings is 1. The van der Waals surface area contributed by atoms with Crippen LogP contribution in [-0.4, -0.2) is 22.2 Å². The molecule has 4 rings (SSSR count). The molecule has 0 atom stereocenters. The van der Waals surface area contributed by atoms with Crippen molar-refractivity contribution in [2.45, 2.75) is 20.8 Å². The Bertz CT molecular complexity index is 1270. The number of hydrogen-bond acceptors (Lipinski definition) is 5. The van der Waals surface area contributed by atoms with Crippen LogP contribution in [-0.2, 0) is 4.79 Å². The molecule has 6 nitrogen and oxygen atoms in total. The Morgan fingerprint density at radius 3 is 2.58 bits per heavy atom. The third-order valence-corrected chi connectivity index (χ3v) is 5.77. The van der Waals surface area contributed by atoms with Crippen LogP contribution in [0.4, 0.5) is 5.69 Å². The van der Waals surface area contributed by atoms with Crippen LogP contribution in [0.25, 0.3) is 17.4 Å². The fourth-order valence-electron chi connectivity index (χ4n) is 3.30. The van der Waals surface area contributed by atoms with Gasteiger partial charge in [0.05, 0.1) is 16.2 Å². The molecule has 1 aromatic heterocycles. The van der Waals surface area contributed by atoms with Crippen molar-refractivity contribution in [3.8, 4) is 11.3 Å². The zero-order valence-corrected chi connectivity index (χ0v) is 18.0. The number of carboxylic acids is 1. The molecule has 1 aliphatic rings. The first-order chi connectivity index (χ1) is 14.8. The molecule has 1 fully saturated rings. The smallest absolute Gasteiger partial charge is 0.335 e. The molecule has 2 aromatic carbocycles. The highest BCUT2D eigenvalue weighted by Crippen LogP contribution is 2.32. The number of nitrogens with zero attached hydrogens (tertiary/aromatic N) is 1. The van der Waals surface area contributed by atoms with Gasteiger partial charge in [0, 0.05) is 11.6 Å². The van der Waals surface area contributed by atoms with Crippen LogP contribution < -0.4 is 5.32 Å². The number of aromatic carboxylic acids is 1. The van der Waals surface area contributed by atoms with Crippen molar-refractivity contribution < 1.29 is 19.1 Å². The second-order valence-electron chi connectivity index (χ2n) is 7.31. The highest BCUT2D eigenvalue weighted by atomic mass is 32.2. The van der Waals surface area contributed by atoms with Gasteiger partial charge >= 0.3 is 5.97 Å². The minimum atomic E-state index is -0.970. The number of hydrogen-bond donors (Lipinski definition) is 2. The van der Waals surface area contributed by atoms with E-state index in [4.69, 9.17) is 9.52 Å². The predicted molar refractivity (Wildman–Crippen MR) is 123 cm³/mol. The van der Waals surface area contributed by atoms with E-state index in [0.29, 0.717) is 21.6 Å². The molecule has 0 aliphatic carbocycles. The number of amides is 1. The van der Waals surface area contributed by atoms with E-state index < -0.39 is 5.97 Å². The van der Waals surface area contributed by atoms with Crippen molar-refractivity contribution in [3.63, 3.8) is 0 Å². The van der Waals surface area contributed by atoms with Gasteiger partial charge in [0.25, 0.3) is 5.91 Å². The summed E-state index contributed by atoms with van der Waals surface area (Å²) in [4.78, 5) is 28.5. The molecule has 0 radical (unpaired) electrons. The number of amidine groups is 1. The average molecular weight is 433 g/mol. The number of carbonyl (C=O) groups is 2. The summed E-state index contributed by atoms with van der Waals surface area (Å²) in [5, 5.41) is 12.4. The number of thioether (sulfide) groups is 1. The maximum atomic E-state index is 12.4. The Morgan fingerprint density at radius 2 is 1.87 bits per heavy atom. The number of benzene rings is 2. The van der Waals surface area contributed by atoms with E-state index in [1.807, 2.05) is 39.0 Å². The van der Waals surface area contributed by atoms with Crippen LogP contribution in [0.3, 0.4) is 0 Å². The molecule has 1 saturated heterocycles. The van der Waals surface area contributed by atoms with Gasteiger partial charge in [-0.15, -0.1) is 0 Å². The van der Waals surface area contributed by atoms with Crippen molar-refractivity contribution in [2.75, 3.05) is 0 Å². The second kappa shape index (κ2) is 8.28. The lowest BCUT2D eigenvalue weighted by atomic mass is 10.0. The van der Waals surface area contributed by atoms with E-state index in [1.165, 1.54) is 11.8 Å². The van der Waals surface area contributed by atoms with Gasteiger partial charge in [-0.1, -0.05) is 23.8 Å². The van der Waals surface area contributed by atoms with Crippen molar-refractivity contribution in [1.82, 2.24) is 5.32 Å². The molecule has 0 spiro atoms. The Morgan fingerprint density at radius 1 is 1.06 bits per heavy atom. The van der Waals surface area contributed by atoms with Gasteiger partial charge in [0.15, 0.2) is 5.17 Å². The lowest BCUT2D eigenvalue weighted by Gasteiger charge is -2.04. The Hall–Kier alpha value is -3.58. The monoisotopic (exact) mass is 432 g/mol. The second-order valence-corrected chi connectivity index (χ2v) is 8.34. The summed E-state index contributed by atoms with van der Waals surface area (Å²) in [6.07, 6.45) is 1.68. The highest BCUT2D eigenvalue weighted by molar-refractivity contribution is 8.18. The fourth-order valence-corrected chi connectivity index (χ4v) is 4.11. The maximum Gasteiger partial charge on any atom is 0.335 e. The molecule has 7 heteroatoms. The van der Waals surface area contributed by atoms with Gasteiger partial charge in [0.2, 0.25) is 0 Å². The molecule has 1 aliphatic heterocycles. The molecule has 0 saturated carbocycles. The standard InChI is InChI=1S/C24H20N2O4S/c1-13-4-8-19(15(3)10-13)25-24-26-22(27)21(31-24)12-17-6-9-20(30-17)18-7-5-16(23(28)29)11-14(18)2/h4-12H,1-3H3,(H,28,29)(H,25,26,27)/b21-12-. The SMILES string of the molecule is Cc1ccc(N=C2NC(=O)/C(=C/c3ccc(-c4ccc(C(=O)O)cc4C)o3)S2)c(C)c1. The van der Waals surface area contributed by atoms with Gasteiger partial charge in [-0.25, -0.2) is 9.79 Å². The quantitative estimate of drug-likeness (QED) is 0.534. The largest absolute Gasteiger partial charge is 0.478 e. The predicted octanol–water partition coefficient (Wildman–Crippen LogP) is 5.46. The molecule has 1 amide bonds. The first kappa shape index (κ1) is 20.7. The zero-order chi connectivity index (χ0) is 22.1. The lowest BCUT2D eigenvalue weighted by molar-refractivity contribution is -0.115. The van der Waals surface area contributed by atoms with E-state index in [9.17, 15) is 9.59 Å². The molecular formula is C24H20N2O4S. The summed E-state index contributed by atoms with van der Waals surface area (Å²) < 4.78 is 5.89. The summed E-state index contributed by atoms with van der Waals surface area (Å²) in [5.41, 5.74) is 4.84. The van der Waals surface area contributed by atoms with Gasteiger partial charge < -0.3 is 14.8 Å². The molecule has 31 heavy (non-hydrogen) atoms. The number of aliphatic imine (C=N–C) groups is 1. The molecule has 156 valence electrons. The minimum Gasteiger partial charge on any atom is -0.478 e. The highest BCUT2D eigenvalue weighted by Gasteiger charge is 2.24. The lowest BCUT2D eigenvalue weighted by Crippen LogP contribution is -2.19. The Labute approximate surface area is 183 Å². The van der Waals surface area contributed by atoms with Crippen LogP contribution in [0.15, 0.2) is 62.8 Å². The molecule has 0 unspecified atom stereocenters. The number of carboxylic acid groups (broad SMARTS) is 1. The Balaban J connectivity index is 1.56. The van der Waals surface area contributed by atoms with E-state index in [2.05, 4.69) is 10.3 Å². The first-order valence-corrected chi connectivity index (χ1v) is 10.4. The number of rotatable bonds is 4. The first-order valence-electron chi connectivity index (χ1n) is 9.61. The van der Waals surface area contributed by atoms with Crippen LogP contribution >= 0.6 is 11.8 Å². The number of carbonyl (C=O) groups excluding carboxylic acids is 1. The normalized spacial score (nSPS) is 16.2. The molecular weight excluding hydrogens is 412 g/mol. The number of aryl methyl sites for hydroxylation is 3. The summed E-state index contributed by atoms with van der Waals surface area (Å²) in [5.74, 6) is -0.0634. The summed E-state index contributed by atoms with van der Waals surface area (Å²) >= 11 is 1.26. The third-order valence-electron chi connectivity index (χ3n) is 4.86. The van der Waals surface area contributed by atoms with Crippen LogP contribution in [0, 0.1) is 20.8 Å². The van der Waals surface area contributed by atoms with E-state index in [-0.39, 0.29) is 11.5 Å². The summed E-state index contributed by atoms with van der Waals surface area (Å²) in [7, 11) is 0. The van der Waals surface area contributed by atoms with E-state index in [0.717, 1.165) is 27.9 Å². The van der Waals surface area contributed by atoms with Gasteiger partial charge in [0.1, 0.15) is 11.5 Å². The maximum absolute atomic E-state index is 12.4. The topological polar surface area (TPSA) is 91.9 Å². The molecule has 2 heterocycles. The molecule has 3 aromatic rings. The van der Waals surface area contributed by atoms with Crippen LogP contribution in [0.1, 0.15) is 32.8 Å². The van der Waals surface area contributed by atoms with Crippen molar-refractivity contribution in [3.05, 3.63) is 81.5 Å². The fraction of sp³-hybridized carbons (Fsp3) is 0.125. The van der Waals surface area contributed by atoms with Crippen molar-refractivity contribution >= 4 is 40.6 Å². The molecule has 0 bridgehead atoms. The Kier molecular flexibility index (Phi) is 5.52. The third kappa shape index (κ3) is 4.46. The minimum absolute atomic E-state index is 0.227. The van der Waals surface area contributed by atoms with Crippen molar-refractivity contribution in [1.29, 1.82) is 0 Å². The van der Waals surface area contributed by atoms with Crippen LogP contribution in [0.2, 0.25) is 0 Å². The van der Waals surface area contributed by atoms with Crippen LogP contribution in [0.5, 0.6) is 0 Å². The molecule has 2 N–H and O–H groups in total. The van der Waals surface area contributed by atoms with Gasteiger partial charge in [-0.2, -0.15) is 0 Å². The van der Waals surface area contributed by atoms with Gasteiger partial charge in [-0.05, 0) is 74.0 Å². The van der Waals surface area contributed by atoms with E-state index >= 15 is 0 Å². The summed E-state index contributed by atoms with van der Waals surface area (Å²) in [6, 6.07) is 14.4. The van der Waals surface area contributed by atoms with E-state index in [1.54, 1.807) is 36.4 Å². The van der Waals surface area contributed by atoms with Crippen molar-refractivity contribution in [2.24, 2.45) is 4.99 Å².